The highest BCUT2D eigenvalue weighted by molar-refractivity contribution is 5.87. The third kappa shape index (κ3) is 1.30. The fraction of sp³-hybridized carbons (Fsp3) is 0.923. The molecule has 3 saturated carbocycles. The van der Waals surface area contributed by atoms with Gasteiger partial charge in [0.25, 0.3) is 0 Å². The first kappa shape index (κ1) is 9.83. The van der Waals surface area contributed by atoms with E-state index in [2.05, 4.69) is 19.0 Å². The molecule has 84 valence electrons. The first-order valence-electron chi connectivity index (χ1n) is 6.37. The Kier molecular flexibility index (Phi) is 2.17. The monoisotopic (exact) mass is 207 g/mol. The van der Waals surface area contributed by atoms with Crippen LogP contribution in [0, 0.1) is 29.6 Å². The molecule has 0 aliphatic heterocycles. The summed E-state index contributed by atoms with van der Waals surface area (Å²) in [4.78, 5) is 14.4. The highest BCUT2D eigenvalue weighted by Crippen LogP contribution is 2.59. The van der Waals surface area contributed by atoms with E-state index in [1.807, 2.05) is 0 Å². The highest BCUT2D eigenvalue weighted by Gasteiger charge is 2.58. The fourth-order valence-corrected chi connectivity index (χ4v) is 4.59. The third-order valence-corrected chi connectivity index (χ3v) is 5.03. The lowest BCUT2D eigenvalue weighted by Crippen LogP contribution is -2.38. The zero-order valence-corrected chi connectivity index (χ0v) is 9.78. The van der Waals surface area contributed by atoms with Gasteiger partial charge in [-0.3, -0.25) is 4.79 Å². The van der Waals surface area contributed by atoms with Crippen LogP contribution in [0.2, 0.25) is 0 Å². The van der Waals surface area contributed by atoms with Gasteiger partial charge in [-0.25, -0.2) is 0 Å². The smallest absolute Gasteiger partial charge is 0.140 e. The van der Waals surface area contributed by atoms with Crippen molar-refractivity contribution in [2.24, 2.45) is 29.6 Å². The van der Waals surface area contributed by atoms with E-state index < -0.39 is 0 Å². The van der Waals surface area contributed by atoms with Gasteiger partial charge in [0, 0.05) is 18.4 Å². The summed E-state index contributed by atoms with van der Waals surface area (Å²) in [7, 11) is 4.18. The van der Waals surface area contributed by atoms with Gasteiger partial charge in [0.2, 0.25) is 0 Å². The van der Waals surface area contributed by atoms with Crippen LogP contribution < -0.4 is 0 Å². The minimum Gasteiger partial charge on any atom is -0.309 e. The van der Waals surface area contributed by atoms with Crippen LogP contribution in [-0.2, 0) is 4.79 Å². The molecule has 5 atom stereocenters. The summed E-state index contributed by atoms with van der Waals surface area (Å²) in [6.07, 6.45) is 5.35. The van der Waals surface area contributed by atoms with Crippen molar-refractivity contribution in [1.29, 1.82) is 0 Å². The molecule has 0 spiro atoms. The number of Topliss-reactive ketones (excluding diaryl/α,β-unsaturated/α-hetero) is 1. The molecule has 3 aliphatic carbocycles. The van der Waals surface area contributed by atoms with Crippen LogP contribution in [0.4, 0.5) is 0 Å². The summed E-state index contributed by atoms with van der Waals surface area (Å²) < 4.78 is 0. The number of rotatable bonds is 2. The lowest BCUT2D eigenvalue weighted by molar-refractivity contribution is -0.129. The average molecular weight is 207 g/mol. The molecule has 0 amide bonds. The molecule has 0 N–H and O–H groups in total. The second kappa shape index (κ2) is 3.31. The summed E-state index contributed by atoms with van der Waals surface area (Å²) in [5, 5.41) is 0. The Morgan fingerprint density at radius 1 is 1.20 bits per heavy atom. The molecule has 3 rings (SSSR count). The van der Waals surface area contributed by atoms with Crippen molar-refractivity contribution < 1.29 is 4.79 Å². The minimum atomic E-state index is 0.379. The van der Waals surface area contributed by atoms with E-state index in [0.717, 1.165) is 24.3 Å². The molecule has 2 bridgehead atoms. The predicted molar refractivity (Wildman–Crippen MR) is 59.5 cm³/mol. The van der Waals surface area contributed by atoms with E-state index in [1.54, 1.807) is 0 Å². The van der Waals surface area contributed by atoms with Crippen LogP contribution >= 0.6 is 0 Å². The van der Waals surface area contributed by atoms with Gasteiger partial charge >= 0.3 is 0 Å². The predicted octanol–water partition coefficient (Wildman–Crippen LogP) is 1.80. The van der Waals surface area contributed by atoms with E-state index in [-0.39, 0.29) is 0 Å². The second-order valence-corrected chi connectivity index (χ2v) is 6.04. The van der Waals surface area contributed by atoms with Crippen LogP contribution in [0.5, 0.6) is 0 Å². The SMILES string of the molecule is CN(C)C[C@@H]1C(=O)[C@H]2C[C@H]1[C@H]1CCC[C@H]12. The quantitative estimate of drug-likeness (QED) is 0.688. The molecule has 0 aromatic carbocycles. The third-order valence-electron chi connectivity index (χ3n) is 5.03. The molecule has 0 saturated heterocycles. The summed E-state index contributed by atoms with van der Waals surface area (Å²) >= 11 is 0. The van der Waals surface area contributed by atoms with Crippen LogP contribution in [0.3, 0.4) is 0 Å². The van der Waals surface area contributed by atoms with Crippen molar-refractivity contribution in [3.8, 4) is 0 Å². The minimum absolute atomic E-state index is 0.379. The Hall–Kier alpha value is -0.370. The fourth-order valence-electron chi connectivity index (χ4n) is 4.59. The maximum atomic E-state index is 12.2. The molecule has 0 unspecified atom stereocenters. The lowest BCUT2D eigenvalue weighted by atomic mass is 9.75. The Labute approximate surface area is 92.0 Å². The zero-order chi connectivity index (χ0) is 10.6. The van der Waals surface area contributed by atoms with Crippen LogP contribution in [0.15, 0.2) is 0 Å². The molecule has 3 aliphatic rings. The number of carbonyl (C=O) groups is 1. The molecular formula is C13H21NO. The van der Waals surface area contributed by atoms with Crippen LogP contribution in [0.1, 0.15) is 25.7 Å². The summed E-state index contributed by atoms with van der Waals surface area (Å²) in [5.41, 5.74) is 0. The average Bonchev–Trinajstić information content (AvgIpc) is 2.77. The number of fused-ring (bicyclic) bond motifs is 5. The van der Waals surface area contributed by atoms with Gasteiger partial charge in [-0.2, -0.15) is 0 Å². The number of ketones is 1. The van der Waals surface area contributed by atoms with Gasteiger partial charge in [-0.1, -0.05) is 6.42 Å². The Morgan fingerprint density at radius 3 is 2.67 bits per heavy atom. The number of carbonyl (C=O) groups excluding carboxylic acids is 1. The van der Waals surface area contributed by atoms with Gasteiger partial charge in [-0.15, -0.1) is 0 Å². The summed E-state index contributed by atoms with van der Waals surface area (Å²) in [5.74, 6) is 3.91. The number of hydrogen-bond acceptors (Lipinski definition) is 2. The van der Waals surface area contributed by atoms with Crippen LogP contribution in [-0.4, -0.2) is 31.3 Å². The molecule has 2 nitrogen and oxygen atoms in total. The van der Waals surface area contributed by atoms with E-state index >= 15 is 0 Å². The first-order valence-corrected chi connectivity index (χ1v) is 6.37. The van der Waals surface area contributed by atoms with Gasteiger partial charge in [-0.05, 0) is 51.1 Å². The van der Waals surface area contributed by atoms with Crippen molar-refractivity contribution >= 4 is 5.78 Å². The summed E-state index contributed by atoms with van der Waals surface area (Å²) in [6.45, 7) is 0.989. The van der Waals surface area contributed by atoms with Crippen LogP contribution in [0.25, 0.3) is 0 Å². The molecule has 3 fully saturated rings. The van der Waals surface area contributed by atoms with Crippen molar-refractivity contribution in [1.82, 2.24) is 4.90 Å². The number of hydrogen-bond donors (Lipinski definition) is 0. The molecule has 0 aromatic heterocycles. The standard InChI is InChI=1S/C13H21NO/c1-14(2)7-12-10-6-11(13(12)15)9-5-3-4-8(9)10/h8-12H,3-7H2,1-2H3/t8-,9+,10-,11-,12-/m0/s1. The highest BCUT2D eigenvalue weighted by atomic mass is 16.1. The maximum absolute atomic E-state index is 12.2. The molecular weight excluding hydrogens is 186 g/mol. The van der Waals surface area contributed by atoms with Crippen molar-refractivity contribution in [2.45, 2.75) is 25.7 Å². The van der Waals surface area contributed by atoms with E-state index in [0.29, 0.717) is 17.6 Å². The lowest BCUT2D eigenvalue weighted by Gasteiger charge is -2.31. The topological polar surface area (TPSA) is 20.3 Å². The summed E-state index contributed by atoms with van der Waals surface area (Å²) in [6, 6.07) is 0. The molecule has 0 radical (unpaired) electrons. The van der Waals surface area contributed by atoms with E-state index in [4.69, 9.17) is 0 Å². The molecule has 2 heteroatoms. The largest absolute Gasteiger partial charge is 0.309 e. The van der Waals surface area contributed by atoms with Gasteiger partial charge < -0.3 is 4.90 Å². The van der Waals surface area contributed by atoms with Crippen molar-refractivity contribution in [3.63, 3.8) is 0 Å². The Bertz CT molecular complexity index is 286. The maximum Gasteiger partial charge on any atom is 0.140 e. The van der Waals surface area contributed by atoms with Gasteiger partial charge in [0.05, 0.1) is 0 Å². The molecule has 0 heterocycles. The molecule has 0 aromatic rings. The second-order valence-electron chi connectivity index (χ2n) is 6.04. The van der Waals surface area contributed by atoms with E-state index in [1.165, 1.54) is 25.7 Å². The normalized spacial score (nSPS) is 47.9. The van der Waals surface area contributed by atoms with E-state index in [9.17, 15) is 4.79 Å². The zero-order valence-electron chi connectivity index (χ0n) is 9.78. The number of nitrogens with zero attached hydrogens (tertiary/aromatic N) is 1. The molecule has 15 heavy (non-hydrogen) atoms. The Balaban J connectivity index is 1.81. The van der Waals surface area contributed by atoms with Gasteiger partial charge in [0.15, 0.2) is 0 Å². The first-order chi connectivity index (χ1) is 7.18. The Morgan fingerprint density at radius 2 is 1.93 bits per heavy atom. The van der Waals surface area contributed by atoms with Gasteiger partial charge in [0.1, 0.15) is 5.78 Å². The van der Waals surface area contributed by atoms with Crippen molar-refractivity contribution in [3.05, 3.63) is 0 Å². The van der Waals surface area contributed by atoms with Crippen molar-refractivity contribution in [2.75, 3.05) is 20.6 Å².